The zero-order chi connectivity index (χ0) is 21.3. The average Bonchev–Trinajstić information content (AvgIpc) is 3.23. The number of nitriles is 1. The van der Waals surface area contributed by atoms with Crippen LogP contribution in [-0.4, -0.2) is 34.3 Å². The molecule has 30 heavy (non-hydrogen) atoms. The molecule has 2 N–H and O–H groups in total. The Hall–Kier alpha value is -3.48. The number of benzene rings is 2. The van der Waals surface area contributed by atoms with Crippen molar-refractivity contribution in [3.05, 3.63) is 59.4 Å². The van der Waals surface area contributed by atoms with Crippen LogP contribution in [0, 0.1) is 11.3 Å². The summed E-state index contributed by atoms with van der Waals surface area (Å²) >= 11 is 6.39. The minimum atomic E-state index is -3.65. The molecule has 4 rings (SSSR count). The first-order chi connectivity index (χ1) is 14.4. The number of fused-ring (bicyclic) bond motifs is 1. The van der Waals surface area contributed by atoms with Crippen molar-refractivity contribution in [2.45, 2.75) is 6.92 Å². The maximum Gasteiger partial charge on any atom is 0.233 e. The fraction of sp³-hybridized carbons (Fsp3) is 0.100. The van der Waals surface area contributed by atoms with Gasteiger partial charge in [-0.2, -0.15) is 10.4 Å². The van der Waals surface area contributed by atoms with Crippen molar-refractivity contribution in [1.29, 1.82) is 5.26 Å². The summed E-state index contributed by atoms with van der Waals surface area (Å²) in [5, 5.41) is 17.6. The molecule has 0 aliphatic rings. The Morgan fingerprint density at radius 2 is 1.87 bits per heavy atom. The molecule has 0 aliphatic heterocycles. The highest BCUT2D eigenvalue weighted by Gasteiger charge is 2.20. The van der Waals surface area contributed by atoms with E-state index in [0.717, 1.165) is 5.39 Å². The summed E-state index contributed by atoms with van der Waals surface area (Å²) < 4.78 is 26.5. The van der Waals surface area contributed by atoms with Crippen molar-refractivity contribution in [3.8, 4) is 28.6 Å². The van der Waals surface area contributed by atoms with E-state index in [1.165, 1.54) is 6.92 Å². The Labute approximate surface area is 177 Å². The Morgan fingerprint density at radius 3 is 2.57 bits per heavy atom. The third-order valence-electron chi connectivity index (χ3n) is 4.46. The van der Waals surface area contributed by atoms with Crippen molar-refractivity contribution in [1.82, 2.24) is 20.2 Å². The third-order valence-corrected chi connectivity index (χ3v) is 6.02. The van der Waals surface area contributed by atoms with Gasteiger partial charge in [-0.15, -0.1) is 0 Å². The van der Waals surface area contributed by atoms with E-state index in [2.05, 4.69) is 24.9 Å². The molecule has 2 aromatic heterocycles. The van der Waals surface area contributed by atoms with Crippen LogP contribution in [0.25, 0.3) is 33.4 Å². The number of H-pyrrole nitrogens is 1. The number of anilines is 1. The molecular formula is C20H15ClN6O2S. The molecule has 0 saturated heterocycles. The van der Waals surface area contributed by atoms with E-state index in [9.17, 15) is 13.7 Å². The zero-order valence-electron chi connectivity index (χ0n) is 15.7. The Balaban J connectivity index is 2.00. The maximum atomic E-state index is 12.1. The second-order valence-corrected chi connectivity index (χ2v) is 8.81. The predicted octanol–water partition coefficient (Wildman–Crippen LogP) is 3.97. The second-order valence-electron chi connectivity index (χ2n) is 6.39. The highest BCUT2D eigenvalue weighted by Crippen LogP contribution is 2.35. The third kappa shape index (κ3) is 3.70. The molecule has 10 heteroatoms. The first-order valence-corrected chi connectivity index (χ1v) is 11.0. The number of hydrogen-bond donors (Lipinski definition) is 2. The molecule has 0 unspecified atom stereocenters. The Bertz CT molecular complexity index is 1390. The molecule has 0 atom stereocenters. The van der Waals surface area contributed by atoms with Crippen molar-refractivity contribution >= 4 is 38.3 Å². The molecule has 0 radical (unpaired) electrons. The monoisotopic (exact) mass is 438 g/mol. The lowest BCUT2D eigenvalue weighted by atomic mass is 10.0. The SMILES string of the molecule is CCS(=O)(=O)Nc1nc(-c2ccccc2)c(-c2cc(Cl)c3[nH]ncc3c2)nc1C#N. The number of aromatic nitrogens is 4. The summed E-state index contributed by atoms with van der Waals surface area (Å²) in [6, 6.07) is 14.6. The minimum absolute atomic E-state index is 0.113. The molecule has 0 bridgehead atoms. The molecule has 4 aromatic rings. The first-order valence-electron chi connectivity index (χ1n) is 8.93. The number of nitrogens with one attached hydrogen (secondary N) is 2. The standard InChI is InChI=1S/C20H15ClN6O2S/c1-2-30(28,29)27-20-16(10-22)24-19(18(25-20)12-6-4-3-5-7-12)13-8-14-11-23-26-17(14)15(21)9-13/h3-9,11H,2H2,1H3,(H,23,26)(H,25,27). The van der Waals surface area contributed by atoms with Crippen LogP contribution in [0.1, 0.15) is 12.6 Å². The Kier molecular flexibility index (Phi) is 5.11. The highest BCUT2D eigenvalue weighted by molar-refractivity contribution is 7.92. The van der Waals surface area contributed by atoms with Gasteiger partial charge in [0, 0.05) is 16.5 Å². The second kappa shape index (κ2) is 7.74. The summed E-state index contributed by atoms with van der Waals surface area (Å²) in [6.45, 7) is 1.50. The molecular weight excluding hydrogens is 424 g/mol. The van der Waals surface area contributed by atoms with Gasteiger partial charge in [0.2, 0.25) is 10.0 Å². The number of halogens is 1. The predicted molar refractivity (Wildman–Crippen MR) is 115 cm³/mol. The van der Waals surface area contributed by atoms with Crippen LogP contribution >= 0.6 is 11.6 Å². The van der Waals surface area contributed by atoms with Gasteiger partial charge < -0.3 is 0 Å². The van der Waals surface area contributed by atoms with Gasteiger partial charge in [-0.05, 0) is 19.1 Å². The van der Waals surface area contributed by atoms with Crippen LogP contribution in [-0.2, 0) is 10.0 Å². The summed E-state index contributed by atoms with van der Waals surface area (Å²) in [4.78, 5) is 8.93. The highest BCUT2D eigenvalue weighted by atomic mass is 35.5. The van der Waals surface area contributed by atoms with Gasteiger partial charge in [0.05, 0.1) is 33.9 Å². The smallest absolute Gasteiger partial charge is 0.233 e. The van der Waals surface area contributed by atoms with Gasteiger partial charge in [-0.1, -0.05) is 41.9 Å². The topological polar surface area (TPSA) is 124 Å². The van der Waals surface area contributed by atoms with Gasteiger partial charge >= 0.3 is 0 Å². The lowest BCUT2D eigenvalue weighted by Crippen LogP contribution is -2.17. The van der Waals surface area contributed by atoms with E-state index in [-0.39, 0.29) is 17.3 Å². The maximum absolute atomic E-state index is 12.1. The molecule has 2 heterocycles. The largest absolute Gasteiger partial charge is 0.276 e. The van der Waals surface area contributed by atoms with E-state index in [0.29, 0.717) is 33.1 Å². The molecule has 0 fully saturated rings. The average molecular weight is 439 g/mol. The molecule has 0 saturated carbocycles. The van der Waals surface area contributed by atoms with Gasteiger partial charge in [0.1, 0.15) is 6.07 Å². The number of hydrogen-bond acceptors (Lipinski definition) is 6. The van der Waals surface area contributed by atoms with Crippen LogP contribution < -0.4 is 4.72 Å². The Morgan fingerprint density at radius 1 is 1.13 bits per heavy atom. The minimum Gasteiger partial charge on any atom is -0.276 e. The van der Waals surface area contributed by atoms with E-state index in [4.69, 9.17) is 11.6 Å². The fourth-order valence-corrected chi connectivity index (χ4v) is 3.80. The first kappa shape index (κ1) is 19.8. The summed E-state index contributed by atoms with van der Waals surface area (Å²) in [7, 11) is -3.65. The van der Waals surface area contributed by atoms with Gasteiger partial charge in [0.15, 0.2) is 11.5 Å². The molecule has 0 aliphatic carbocycles. The van der Waals surface area contributed by atoms with E-state index < -0.39 is 10.0 Å². The molecule has 2 aromatic carbocycles. The van der Waals surface area contributed by atoms with Crippen LogP contribution in [0.15, 0.2) is 48.7 Å². The van der Waals surface area contributed by atoms with Crippen molar-refractivity contribution in [2.24, 2.45) is 0 Å². The van der Waals surface area contributed by atoms with Crippen LogP contribution in [0.5, 0.6) is 0 Å². The summed E-state index contributed by atoms with van der Waals surface area (Å²) in [6.07, 6.45) is 1.63. The van der Waals surface area contributed by atoms with Crippen molar-refractivity contribution < 1.29 is 8.42 Å². The van der Waals surface area contributed by atoms with Crippen LogP contribution in [0.4, 0.5) is 5.82 Å². The van der Waals surface area contributed by atoms with E-state index in [1.54, 1.807) is 12.3 Å². The van der Waals surface area contributed by atoms with Crippen molar-refractivity contribution in [2.75, 3.05) is 10.5 Å². The van der Waals surface area contributed by atoms with E-state index >= 15 is 0 Å². The summed E-state index contributed by atoms with van der Waals surface area (Å²) in [5.41, 5.74) is 2.71. The number of rotatable bonds is 5. The summed E-state index contributed by atoms with van der Waals surface area (Å²) in [5.74, 6) is -0.271. The van der Waals surface area contributed by atoms with Gasteiger partial charge in [-0.25, -0.2) is 18.4 Å². The van der Waals surface area contributed by atoms with Crippen LogP contribution in [0.2, 0.25) is 5.02 Å². The number of sulfonamides is 1. The number of nitrogens with zero attached hydrogens (tertiary/aromatic N) is 4. The lowest BCUT2D eigenvalue weighted by Gasteiger charge is -2.14. The molecule has 8 nitrogen and oxygen atoms in total. The quantitative estimate of drug-likeness (QED) is 0.485. The van der Waals surface area contributed by atoms with Gasteiger partial charge in [-0.3, -0.25) is 9.82 Å². The lowest BCUT2D eigenvalue weighted by molar-refractivity contribution is 0.602. The zero-order valence-corrected chi connectivity index (χ0v) is 17.3. The normalized spacial score (nSPS) is 11.4. The van der Waals surface area contributed by atoms with Crippen LogP contribution in [0.3, 0.4) is 0 Å². The fourth-order valence-electron chi connectivity index (χ4n) is 2.95. The van der Waals surface area contributed by atoms with Crippen molar-refractivity contribution in [3.63, 3.8) is 0 Å². The van der Waals surface area contributed by atoms with Gasteiger partial charge in [0.25, 0.3) is 0 Å². The number of aromatic amines is 1. The molecule has 150 valence electrons. The van der Waals surface area contributed by atoms with E-state index in [1.807, 2.05) is 42.5 Å². The molecule has 0 spiro atoms. The molecule has 0 amide bonds.